The Morgan fingerprint density at radius 1 is 1.21 bits per heavy atom. The van der Waals surface area contributed by atoms with Crippen molar-refractivity contribution in [3.05, 3.63) is 52.2 Å². The van der Waals surface area contributed by atoms with E-state index in [1.807, 2.05) is 22.2 Å². The van der Waals surface area contributed by atoms with Crippen molar-refractivity contribution in [1.29, 1.82) is 0 Å². The van der Waals surface area contributed by atoms with E-state index in [0.717, 1.165) is 10.6 Å². The number of halogens is 2. The highest BCUT2D eigenvalue weighted by atomic mass is 32.2. The normalized spacial score (nSPS) is 11.0. The molecule has 1 aromatic carbocycles. The van der Waals surface area contributed by atoms with Crippen LogP contribution in [-0.2, 0) is 11.2 Å². The Morgan fingerprint density at radius 3 is 2.67 bits per heavy atom. The topological polar surface area (TPSA) is 42.0 Å². The Bertz CT molecular complexity index is 801. The second kappa shape index (κ2) is 7.87. The molecule has 3 nitrogen and oxygen atoms in total. The van der Waals surface area contributed by atoms with E-state index in [4.69, 9.17) is 0 Å². The zero-order chi connectivity index (χ0) is 16.9. The van der Waals surface area contributed by atoms with Crippen LogP contribution in [0.15, 0.2) is 51.4 Å². The highest BCUT2D eigenvalue weighted by Gasteiger charge is 2.10. The van der Waals surface area contributed by atoms with Gasteiger partial charge in [0.15, 0.2) is 0 Å². The summed E-state index contributed by atoms with van der Waals surface area (Å²) in [5.74, 6) is -2.64. The number of carbonyl (C=O) groups excluding carboxylic acids is 1. The minimum atomic E-state index is -2.45. The van der Waals surface area contributed by atoms with Crippen molar-refractivity contribution in [1.82, 2.24) is 4.98 Å². The lowest BCUT2D eigenvalue weighted by molar-refractivity contribution is -0.115. The molecule has 124 valence electrons. The number of nitrogens with one attached hydrogen (secondary N) is 1. The molecule has 0 saturated heterocycles. The van der Waals surface area contributed by atoms with Crippen molar-refractivity contribution in [2.45, 2.75) is 17.1 Å². The second-order valence-corrected chi connectivity index (χ2v) is 7.49. The summed E-state index contributed by atoms with van der Waals surface area (Å²) < 4.78 is 24.5. The van der Waals surface area contributed by atoms with Crippen molar-refractivity contribution in [3.8, 4) is 10.6 Å². The fraction of sp³-hybridized carbons (Fsp3) is 0.125. The minimum Gasteiger partial charge on any atom is -0.326 e. The smallest absolute Gasteiger partial charge is 0.288 e. The van der Waals surface area contributed by atoms with E-state index >= 15 is 0 Å². The van der Waals surface area contributed by atoms with Crippen LogP contribution in [0.5, 0.6) is 0 Å². The van der Waals surface area contributed by atoms with E-state index in [1.54, 1.807) is 35.6 Å². The van der Waals surface area contributed by atoms with Gasteiger partial charge in [0.2, 0.25) is 5.91 Å². The van der Waals surface area contributed by atoms with Gasteiger partial charge >= 0.3 is 0 Å². The number of thioether (sulfide) groups is 1. The van der Waals surface area contributed by atoms with Crippen LogP contribution in [0.4, 0.5) is 14.5 Å². The van der Waals surface area contributed by atoms with Crippen LogP contribution in [0.3, 0.4) is 0 Å². The molecular weight excluding hydrogens is 370 g/mol. The zero-order valence-electron chi connectivity index (χ0n) is 12.2. The zero-order valence-corrected chi connectivity index (χ0v) is 14.7. The number of anilines is 1. The van der Waals surface area contributed by atoms with Gasteiger partial charge in [-0.15, -0.1) is 11.3 Å². The number of hydrogen-bond donors (Lipinski definition) is 1. The van der Waals surface area contributed by atoms with E-state index in [9.17, 15) is 13.6 Å². The molecule has 1 N–H and O–H groups in total. The molecule has 8 heteroatoms. The van der Waals surface area contributed by atoms with Crippen molar-refractivity contribution in [2.24, 2.45) is 0 Å². The number of thiazole rings is 1. The number of carbonyl (C=O) groups is 1. The first-order valence-corrected chi connectivity index (χ1v) is 9.62. The van der Waals surface area contributed by atoms with Crippen molar-refractivity contribution in [3.63, 3.8) is 0 Å². The third-order valence-electron chi connectivity index (χ3n) is 3.02. The maximum atomic E-state index is 12.3. The first-order chi connectivity index (χ1) is 11.6. The largest absolute Gasteiger partial charge is 0.326 e. The molecule has 24 heavy (non-hydrogen) atoms. The lowest BCUT2D eigenvalue weighted by Gasteiger charge is -2.05. The summed E-state index contributed by atoms with van der Waals surface area (Å²) in [6.45, 7) is 0. The number of benzene rings is 1. The number of thiophene rings is 1. The summed E-state index contributed by atoms with van der Waals surface area (Å²) in [7, 11) is 0. The first kappa shape index (κ1) is 17.1. The molecule has 0 radical (unpaired) electrons. The van der Waals surface area contributed by atoms with Gasteiger partial charge in [-0.3, -0.25) is 4.79 Å². The lowest BCUT2D eigenvalue weighted by atomic mass is 10.3. The highest BCUT2D eigenvalue weighted by Crippen LogP contribution is 2.27. The van der Waals surface area contributed by atoms with Crippen molar-refractivity contribution in [2.75, 3.05) is 5.32 Å². The first-order valence-electron chi connectivity index (χ1n) is 6.92. The van der Waals surface area contributed by atoms with Gasteiger partial charge in [-0.05, 0) is 35.7 Å². The van der Waals surface area contributed by atoms with E-state index in [0.29, 0.717) is 28.0 Å². The van der Waals surface area contributed by atoms with Crippen LogP contribution < -0.4 is 5.32 Å². The Hall–Kier alpha value is -1.77. The number of alkyl halides is 2. The molecule has 0 aliphatic heterocycles. The predicted molar refractivity (Wildman–Crippen MR) is 96.1 cm³/mol. The summed E-state index contributed by atoms with van der Waals surface area (Å²) in [4.78, 5) is 17.0. The maximum Gasteiger partial charge on any atom is 0.288 e. The third kappa shape index (κ3) is 4.62. The van der Waals surface area contributed by atoms with Gasteiger partial charge in [-0.1, -0.05) is 11.8 Å². The van der Waals surface area contributed by atoms with Gasteiger partial charge in [0, 0.05) is 26.9 Å². The molecule has 2 heterocycles. The molecule has 3 rings (SSSR count). The SMILES string of the molecule is O=C(Cc1csc(-c2ccsc2)n1)Nc1ccc(SC(F)F)cc1. The summed E-state index contributed by atoms with van der Waals surface area (Å²) in [5, 5.41) is 9.51. The molecule has 0 saturated carbocycles. The molecule has 0 spiro atoms. The van der Waals surface area contributed by atoms with E-state index in [2.05, 4.69) is 10.3 Å². The molecule has 0 aliphatic carbocycles. The molecular formula is C16H12F2N2OS3. The molecule has 1 amide bonds. The third-order valence-corrected chi connectivity index (χ3v) is 5.37. The van der Waals surface area contributed by atoms with E-state index in [1.165, 1.54) is 11.3 Å². The molecule has 3 aromatic rings. The van der Waals surface area contributed by atoms with Crippen LogP contribution in [0, 0.1) is 0 Å². The van der Waals surface area contributed by atoms with E-state index in [-0.39, 0.29) is 12.3 Å². The Balaban J connectivity index is 1.57. The molecule has 0 unspecified atom stereocenters. The van der Waals surface area contributed by atoms with Gasteiger partial charge in [-0.2, -0.15) is 20.1 Å². The highest BCUT2D eigenvalue weighted by molar-refractivity contribution is 7.99. The predicted octanol–water partition coefficient (Wildman–Crippen LogP) is 5.37. The fourth-order valence-corrected chi connectivity index (χ4v) is 4.03. The molecule has 0 bridgehead atoms. The Morgan fingerprint density at radius 2 is 2.00 bits per heavy atom. The van der Waals surface area contributed by atoms with Crippen LogP contribution >= 0.6 is 34.4 Å². The summed E-state index contributed by atoms with van der Waals surface area (Å²) in [5.41, 5.74) is 2.35. The number of amides is 1. The lowest BCUT2D eigenvalue weighted by Crippen LogP contribution is -2.14. The average Bonchev–Trinajstić information content (AvgIpc) is 3.19. The molecule has 0 atom stereocenters. The minimum absolute atomic E-state index is 0.175. The molecule has 2 aromatic heterocycles. The van der Waals surface area contributed by atoms with Gasteiger partial charge < -0.3 is 5.32 Å². The van der Waals surface area contributed by atoms with Crippen molar-refractivity contribution < 1.29 is 13.6 Å². The summed E-state index contributed by atoms with van der Waals surface area (Å²) in [6.07, 6.45) is 0.175. The average molecular weight is 382 g/mol. The van der Waals surface area contributed by atoms with Crippen LogP contribution in [0.25, 0.3) is 10.6 Å². The van der Waals surface area contributed by atoms with Crippen LogP contribution in [-0.4, -0.2) is 16.6 Å². The Kier molecular flexibility index (Phi) is 5.60. The van der Waals surface area contributed by atoms with Crippen LogP contribution in [0.2, 0.25) is 0 Å². The monoisotopic (exact) mass is 382 g/mol. The van der Waals surface area contributed by atoms with Gasteiger partial charge in [-0.25, -0.2) is 4.98 Å². The molecule has 0 aliphatic rings. The second-order valence-electron chi connectivity index (χ2n) is 4.78. The van der Waals surface area contributed by atoms with Crippen LogP contribution in [0.1, 0.15) is 5.69 Å². The number of aromatic nitrogens is 1. The van der Waals surface area contributed by atoms with Crippen molar-refractivity contribution >= 4 is 46.0 Å². The van der Waals surface area contributed by atoms with E-state index < -0.39 is 5.76 Å². The van der Waals surface area contributed by atoms with Gasteiger partial charge in [0.1, 0.15) is 5.01 Å². The fourth-order valence-electron chi connectivity index (χ4n) is 2.00. The molecule has 0 fully saturated rings. The van der Waals surface area contributed by atoms with Gasteiger partial charge in [0.25, 0.3) is 5.76 Å². The summed E-state index contributed by atoms with van der Waals surface area (Å²) in [6, 6.07) is 8.33. The Labute approximate surface area is 149 Å². The maximum absolute atomic E-state index is 12.3. The quantitative estimate of drug-likeness (QED) is 0.583. The number of hydrogen-bond acceptors (Lipinski definition) is 5. The van der Waals surface area contributed by atoms with Gasteiger partial charge in [0.05, 0.1) is 12.1 Å². The summed E-state index contributed by atoms with van der Waals surface area (Å²) >= 11 is 3.58. The number of rotatable bonds is 6. The standard InChI is InChI=1S/C16H12F2N2OS3/c17-16(18)24-13-3-1-11(2-4-13)19-14(21)7-12-9-23-15(20-12)10-5-6-22-8-10/h1-6,8-9,16H,7H2,(H,19,21). The number of nitrogens with zero attached hydrogens (tertiary/aromatic N) is 1.